The number of hydrogen-bond donors (Lipinski definition) is 2. The summed E-state index contributed by atoms with van der Waals surface area (Å²) in [5.41, 5.74) is 1.15. The van der Waals surface area contributed by atoms with Crippen molar-refractivity contribution in [2.75, 3.05) is 33.8 Å². The molecule has 0 radical (unpaired) electrons. The van der Waals surface area contributed by atoms with Gasteiger partial charge in [-0.2, -0.15) is 0 Å². The summed E-state index contributed by atoms with van der Waals surface area (Å²) in [4.78, 5) is 12.6. The maximum absolute atomic E-state index is 5.78. The number of halogens is 1. The van der Waals surface area contributed by atoms with Gasteiger partial charge in [-0.3, -0.25) is 0 Å². The lowest BCUT2D eigenvalue weighted by Crippen LogP contribution is -2.36. The highest BCUT2D eigenvalue weighted by molar-refractivity contribution is 14.0. The SMILES string of the molecule is CCNC(=NCc1ccc(OCCCN(C)C)cc1)NCc1ncc(CC)s1.I. The van der Waals surface area contributed by atoms with Crippen LogP contribution in [-0.4, -0.2) is 49.6 Å². The topological polar surface area (TPSA) is 61.8 Å². The number of aliphatic imine (C=N–C) groups is 1. The van der Waals surface area contributed by atoms with E-state index < -0.39 is 0 Å². The molecular weight excluding hydrogens is 497 g/mol. The third-order valence-corrected chi connectivity index (χ3v) is 5.20. The maximum Gasteiger partial charge on any atom is 0.191 e. The standard InChI is InChI=1S/C21H33N5OS.HI/c1-5-19-15-23-20(28-19)16-25-21(22-6-2)24-14-17-8-10-18(11-9-17)27-13-7-12-26(3)4;/h8-11,15H,5-7,12-14,16H2,1-4H3,(H2,22,24,25);1H. The molecule has 1 aromatic heterocycles. The first kappa shape index (κ1) is 25.6. The van der Waals surface area contributed by atoms with Crippen molar-refractivity contribution in [3.8, 4) is 5.75 Å². The van der Waals surface area contributed by atoms with Crippen LogP contribution in [0, 0.1) is 0 Å². The second-order valence-corrected chi connectivity index (χ2v) is 7.97. The molecule has 2 aromatic rings. The van der Waals surface area contributed by atoms with Gasteiger partial charge in [0.05, 0.1) is 19.7 Å². The lowest BCUT2D eigenvalue weighted by atomic mass is 10.2. The average Bonchev–Trinajstić information content (AvgIpc) is 3.16. The molecule has 0 spiro atoms. The minimum atomic E-state index is 0. The van der Waals surface area contributed by atoms with E-state index in [0.29, 0.717) is 13.1 Å². The van der Waals surface area contributed by atoms with E-state index in [4.69, 9.17) is 4.74 Å². The summed E-state index contributed by atoms with van der Waals surface area (Å²) < 4.78 is 5.78. The van der Waals surface area contributed by atoms with E-state index in [9.17, 15) is 0 Å². The molecule has 0 aliphatic carbocycles. The van der Waals surface area contributed by atoms with Gasteiger partial charge in [0.1, 0.15) is 10.8 Å². The van der Waals surface area contributed by atoms with Gasteiger partial charge in [-0.05, 0) is 51.6 Å². The summed E-state index contributed by atoms with van der Waals surface area (Å²) in [6, 6.07) is 8.18. The van der Waals surface area contributed by atoms with Crippen molar-refractivity contribution in [2.45, 2.75) is 39.8 Å². The fourth-order valence-electron chi connectivity index (χ4n) is 2.53. The number of benzene rings is 1. The number of aryl methyl sites for hydroxylation is 1. The van der Waals surface area contributed by atoms with Gasteiger partial charge in [-0.1, -0.05) is 19.1 Å². The fraction of sp³-hybridized carbons (Fsp3) is 0.524. The minimum absolute atomic E-state index is 0. The number of ether oxygens (including phenoxy) is 1. The number of hydrogen-bond acceptors (Lipinski definition) is 5. The van der Waals surface area contributed by atoms with Crippen LogP contribution >= 0.6 is 35.3 Å². The van der Waals surface area contributed by atoms with Gasteiger partial charge in [0, 0.05) is 24.2 Å². The monoisotopic (exact) mass is 531 g/mol. The molecule has 0 bridgehead atoms. The number of nitrogens with one attached hydrogen (secondary N) is 2. The predicted octanol–water partition coefficient (Wildman–Crippen LogP) is 3.91. The van der Waals surface area contributed by atoms with Crippen molar-refractivity contribution >= 4 is 41.3 Å². The van der Waals surface area contributed by atoms with Gasteiger partial charge in [0.25, 0.3) is 0 Å². The molecule has 0 saturated carbocycles. The summed E-state index contributed by atoms with van der Waals surface area (Å²) >= 11 is 1.75. The van der Waals surface area contributed by atoms with Gasteiger partial charge in [0.15, 0.2) is 5.96 Å². The Morgan fingerprint density at radius 3 is 2.55 bits per heavy atom. The molecule has 1 heterocycles. The Labute approximate surface area is 196 Å². The first-order valence-corrected chi connectivity index (χ1v) is 10.7. The van der Waals surface area contributed by atoms with Gasteiger partial charge in [-0.15, -0.1) is 35.3 Å². The number of guanidine groups is 1. The van der Waals surface area contributed by atoms with Crippen molar-refractivity contribution < 1.29 is 4.74 Å². The smallest absolute Gasteiger partial charge is 0.191 e. The molecule has 1 aromatic carbocycles. The average molecular weight is 532 g/mol. The molecule has 0 saturated heterocycles. The maximum atomic E-state index is 5.78. The zero-order valence-electron chi connectivity index (χ0n) is 17.9. The molecule has 0 aliphatic rings. The summed E-state index contributed by atoms with van der Waals surface area (Å²) in [7, 11) is 4.15. The van der Waals surface area contributed by atoms with Crippen LogP contribution in [0.1, 0.15) is 35.7 Å². The van der Waals surface area contributed by atoms with E-state index in [2.05, 4.69) is 65.6 Å². The van der Waals surface area contributed by atoms with Gasteiger partial charge in [0.2, 0.25) is 0 Å². The first-order valence-electron chi connectivity index (χ1n) is 9.93. The second kappa shape index (κ2) is 14.6. The summed E-state index contributed by atoms with van der Waals surface area (Å²) in [6.45, 7) is 8.12. The molecule has 6 nitrogen and oxygen atoms in total. The zero-order valence-corrected chi connectivity index (χ0v) is 21.0. The first-order chi connectivity index (χ1) is 13.6. The predicted molar refractivity (Wildman–Crippen MR) is 134 cm³/mol. The number of thiazole rings is 1. The van der Waals surface area contributed by atoms with Crippen LogP contribution in [0.4, 0.5) is 0 Å². The van der Waals surface area contributed by atoms with E-state index in [1.54, 1.807) is 11.3 Å². The normalized spacial score (nSPS) is 11.3. The van der Waals surface area contributed by atoms with E-state index in [0.717, 1.165) is 54.8 Å². The molecule has 29 heavy (non-hydrogen) atoms. The van der Waals surface area contributed by atoms with Gasteiger partial charge >= 0.3 is 0 Å². The van der Waals surface area contributed by atoms with Crippen molar-refractivity contribution in [1.82, 2.24) is 20.5 Å². The van der Waals surface area contributed by atoms with Crippen molar-refractivity contribution in [3.63, 3.8) is 0 Å². The van der Waals surface area contributed by atoms with Crippen LogP contribution in [0.3, 0.4) is 0 Å². The fourth-order valence-corrected chi connectivity index (χ4v) is 3.33. The van der Waals surface area contributed by atoms with Crippen molar-refractivity contribution in [3.05, 3.63) is 45.9 Å². The molecule has 8 heteroatoms. The summed E-state index contributed by atoms with van der Waals surface area (Å²) in [6.07, 6.45) is 4.01. The Morgan fingerprint density at radius 2 is 1.93 bits per heavy atom. The number of nitrogens with zero attached hydrogens (tertiary/aromatic N) is 3. The third-order valence-electron chi connectivity index (χ3n) is 4.06. The largest absolute Gasteiger partial charge is 0.494 e. The third kappa shape index (κ3) is 10.3. The molecular formula is C21H34IN5OS. The van der Waals surface area contributed by atoms with Crippen LogP contribution in [0.25, 0.3) is 0 Å². The number of aromatic nitrogens is 1. The molecule has 0 fully saturated rings. The molecule has 2 rings (SSSR count). The van der Waals surface area contributed by atoms with Gasteiger partial charge in [-0.25, -0.2) is 9.98 Å². The Balaban J connectivity index is 0.00000420. The van der Waals surface area contributed by atoms with Crippen LogP contribution in [-0.2, 0) is 19.5 Å². The molecule has 2 N–H and O–H groups in total. The number of rotatable bonds is 11. The van der Waals surface area contributed by atoms with Crippen LogP contribution < -0.4 is 15.4 Å². The minimum Gasteiger partial charge on any atom is -0.494 e. The van der Waals surface area contributed by atoms with E-state index in [1.165, 1.54) is 4.88 Å². The van der Waals surface area contributed by atoms with Crippen LogP contribution in [0.2, 0.25) is 0 Å². The highest BCUT2D eigenvalue weighted by Crippen LogP contribution is 2.14. The molecule has 0 atom stereocenters. The van der Waals surface area contributed by atoms with E-state index >= 15 is 0 Å². The van der Waals surface area contributed by atoms with Crippen molar-refractivity contribution in [2.24, 2.45) is 4.99 Å². The Morgan fingerprint density at radius 1 is 1.17 bits per heavy atom. The summed E-state index contributed by atoms with van der Waals surface area (Å²) in [5, 5.41) is 7.73. The summed E-state index contributed by atoms with van der Waals surface area (Å²) in [5.74, 6) is 1.71. The Kier molecular flexibility index (Phi) is 12.9. The molecule has 0 unspecified atom stereocenters. The lowest BCUT2D eigenvalue weighted by Gasteiger charge is -2.11. The quantitative estimate of drug-likeness (QED) is 0.199. The second-order valence-electron chi connectivity index (χ2n) is 6.77. The Bertz CT molecular complexity index is 718. The highest BCUT2D eigenvalue weighted by atomic mass is 127. The Hall–Kier alpha value is -1.39. The van der Waals surface area contributed by atoms with Gasteiger partial charge < -0.3 is 20.3 Å². The van der Waals surface area contributed by atoms with Crippen LogP contribution in [0.5, 0.6) is 5.75 Å². The van der Waals surface area contributed by atoms with E-state index in [1.807, 2.05) is 18.3 Å². The van der Waals surface area contributed by atoms with E-state index in [-0.39, 0.29) is 24.0 Å². The molecule has 0 amide bonds. The van der Waals surface area contributed by atoms with Crippen molar-refractivity contribution in [1.29, 1.82) is 0 Å². The zero-order chi connectivity index (χ0) is 20.2. The van der Waals surface area contributed by atoms with Crippen LogP contribution in [0.15, 0.2) is 35.5 Å². The highest BCUT2D eigenvalue weighted by Gasteiger charge is 2.03. The molecule has 162 valence electrons. The molecule has 0 aliphatic heterocycles. The lowest BCUT2D eigenvalue weighted by molar-refractivity contribution is 0.281.